The summed E-state index contributed by atoms with van der Waals surface area (Å²) < 4.78 is 16.5. The zero-order valence-corrected chi connectivity index (χ0v) is 14.0. The van der Waals surface area contributed by atoms with Crippen molar-refractivity contribution in [3.8, 4) is 11.5 Å². The average molecular weight is 353 g/mol. The Morgan fingerprint density at radius 2 is 2.00 bits per heavy atom. The van der Waals surface area contributed by atoms with Crippen molar-refractivity contribution >= 4 is 23.5 Å². The van der Waals surface area contributed by atoms with E-state index in [1.807, 2.05) is 0 Å². The fourth-order valence-electron chi connectivity index (χ4n) is 1.98. The Balaban J connectivity index is 2.25. The van der Waals surface area contributed by atoms with E-state index in [2.05, 4.69) is 4.98 Å². The fourth-order valence-corrected chi connectivity index (χ4v) is 2.48. The van der Waals surface area contributed by atoms with E-state index in [0.717, 1.165) is 0 Å². The predicted octanol–water partition coefficient (Wildman–Crippen LogP) is 2.72. The Morgan fingerprint density at radius 1 is 1.33 bits per heavy atom. The molecule has 0 spiro atoms. The van der Waals surface area contributed by atoms with E-state index in [9.17, 15) is 14.9 Å². The highest BCUT2D eigenvalue weighted by Crippen LogP contribution is 2.34. The van der Waals surface area contributed by atoms with Crippen LogP contribution in [0.4, 0.5) is 10.5 Å². The monoisotopic (exact) mass is 353 g/mol. The molecule has 1 aromatic heterocycles. The third-order valence-electron chi connectivity index (χ3n) is 3.12. The number of hydrogen-bond donors (Lipinski definition) is 0. The van der Waals surface area contributed by atoms with Crippen LogP contribution in [0.2, 0.25) is 0 Å². The molecule has 128 valence electrons. The number of benzene rings is 1. The Morgan fingerprint density at radius 3 is 2.58 bits per heavy atom. The summed E-state index contributed by atoms with van der Waals surface area (Å²) in [5.74, 6) is 0.528. The molecule has 0 bridgehead atoms. The van der Waals surface area contributed by atoms with Crippen molar-refractivity contribution in [2.75, 3.05) is 20.5 Å². The zero-order valence-electron chi connectivity index (χ0n) is 13.2. The van der Waals surface area contributed by atoms with Gasteiger partial charge in [-0.05, 0) is 12.3 Å². The largest absolute Gasteiger partial charge is 0.493 e. The van der Waals surface area contributed by atoms with Crippen LogP contribution in [0.3, 0.4) is 0 Å². The second-order valence-electron chi connectivity index (χ2n) is 4.43. The first-order chi connectivity index (χ1) is 11.5. The molecule has 10 heteroatoms. The minimum absolute atomic E-state index is 0.191. The second-order valence-corrected chi connectivity index (χ2v) is 5.20. The van der Waals surface area contributed by atoms with Crippen LogP contribution in [0, 0.1) is 10.1 Å². The molecule has 1 aromatic carbocycles. The van der Waals surface area contributed by atoms with Gasteiger partial charge in [0.05, 0.1) is 30.8 Å². The van der Waals surface area contributed by atoms with Gasteiger partial charge in [0.2, 0.25) is 0 Å². The molecule has 0 radical (unpaired) electrons. The molecule has 0 aliphatic carbocycles. The molecule has 2 rings (SSSR count). The fraction of sp³-hybridized carbons (Fsp3) is 0.286. The summed E-state index contributed by atoms with van der Waals surface area (Å²) in [5, 5.41) is 11.7. The van der Waals surface area contributed by atoms with E-state index < -0.39 is 11.0 Å². The van der Waals surface area contributed by atoms with Crippen LogP contribution < -0.4 is 9.47 Å². The first-order valence-electron chi connectivity index (χ1n) is 6.65. The third-order valence-corrected chi connectivity index (χ3v) is 3.79. The number of thioether (sulfide) groups is 1. The maximum absolute atomic E-state index is 12.1. The van der Waals surface area contributed by atoms with Gasteiger partial charge in [-0.15, -0.1) is 0 Å². The lowest BCUT2D eigenvalue weighted by Crippen LogP contribution is -2.14. The first kappa shape index (κ1) is 17.6. The molecule has 0 fully saturated rings. The molecule has 0 N–H and O–H groups in total. The molecule has 24 heavy (non-hydrogen) atoms. The summed E-state index contributed by atoms with van der Waals surface area (Å²) in [7, 11) is 2.79. The number of carbonyl (C=O) groups excluding carboxylic acids is 1. The summed E-state index contributed by atoms with van der Waals surface area (Å²) in [6, 6.07) is 2.64. The Hall–Kier alpha value is -2.75. The minimum atomic E-state index is -0.680. The Kier molecular flexibility index (Phi) is 5.64. The molecule has 0 saturated heterocycles. The van der Waals surface area contributed by atoms with Crippen molar-refractivity contribution in [3.05, 3.63) is 40.2 Å². The van der Waals surface area contributed by atoms with Crippen molar-refractivity contribution in [1.29, 1.82) is 0 Å². The van der Waals surface area contributed by atoms with Crippen LogP contribution in [0.15, 0.2) is 29.7 Å². The van der Waals surface area contributed by atoms with E-state index in [0.29, 0.717) is 10.9 Å². The zero-order chi connectivity index (χ0) is 17.7. The number of nitro groups is 1. The smallest absolute Gasteiger partial charge is 0.420 e. The number of nitrogens with zero attached hydrogens (tertiary/aromatic N) is 3. The molecule has 0 aliphatic heterocycles. The number of nitro benzene ring substituents is 1. The summed E-state index contributed by atoms with van der Waals surface area (Å²) >= 11 is 1.28. The Labute approximate surface area is 141 Å². The minimum Gasteiger partial charge on any atom is -0.493 e. The standard InChI is InChI=1S/C14H15N3O6S/c1-21-11-6-9(10(17(19)20)7-12(11)22-2)8-23-14(18)16-5-4-15-13(16)24-3/h4-7H,8H2,1-3H3. The third kappa shape index (κ3) is 3.59. The van der Waals surface area contributed by atoms with E-state index in [1.165, 1.54) is 55.1 Å². The number of imidazole rings is 1. The second kappa shape index (κ2) is 7.68. The normalized spacial score (nSPS) is 10.3. The lowest BCUT2D eigenvalue weighted by molar-refractivity contribution is -0.385. The van der Waals surface area contributed by atoms with Gasteiger partial charge in [0.25, 0.3) is 5.69 Å². The highest BCUT2D eigenvalue weighted by Gasteiger charge is 2.21. The van der Waals surface area contributed by atoms with Crippen molar-refractivity contribution in [2.45, 2.75) is 11.8 Å². The van der Waals surface area contributed by atoms with Crippen molar-refractivity contribution in [2.24, 2.45) is 0 Å². The number of carbonyl (C=O) groups is 1. The maximum Gasteiger partial charge on any atom is 0.420 e. The van der Waals surface area contributed by atoms with Gasteiger partial charge in [-0.2, -0.15) is 0 Å². The van der Waals surface area contributed by atoms with Crippen LogP contribution in [0.1, 0.15) is 5.56 Å². The quantitative estimate of drug-likeness (QED) is 0.443. The first-order valence-corrected chi connectivity index (χ1v) is 7.88. The summed E-state index contributed by atoms with van der Waals surface area (Å²) in [5.41, 5.74) is -0.0343. The average Bonchev–Trinajstić information content (AvgIpc) is 3.07. The Bertz CT molecular complexity index is 761. The molecule has 0 unspecified atom stereocenters. The highest BCUT2D eigenvalue weighted by molar-refractivity contribution is 7.98. The predicted molar refractivity (Wildman–Crippen MR) is 85.8 cm³/mol. The van der Waals surface area contributed by atoms with Crippen LogP contribution in [0.5, 0.6) is 11.5 Å². The molecule has 1 heterocycles. The highest BCUT2D eigenvalue weighted by atomic mass is 32.2. The molecule has 2 aromatic rings. The molecule has 0 saturated carbocycles. The summed E-state index contributed by atoms with van der Waals surface area (Å²) in [6.07, 6.45) is 4.01. The number of methoxy groups -OCH3 is 2. The van der Waals surface area contributed by atoms with E-state index in [4.69, 9.17) is 14.2 Å². The number of rotatable bonds is 6. The van der Waals surface area contributed by atoms with Crippen LogP contribution in [0.25, 0.3) is 0 Å². The SMILES string of the molecule is COc1cc(COC(=O)n2ccnc2SC)c([N+](=O)[O-])cc1OC. The van der Waals surface area contributed by atoms with E-state index >= 15 is 0 Å². The van der Waals surface area contributed by atoms with Gasteiger partial charge < -0.3 is 14.2 Å². The lowest BCUT2D eigenvalue weighted by Gasteiger charge is -2.11. The van der Waals surface area contributed by atoms with Crippen LogP contribution >= 0.6 is 11.8 Å². The van der Waals surface area contributed by atoms with Crippen LogP contribution in [-0.2, 0) is 11.3 Å². The van der Waals surface area contributed by atoms with Gasteiger partial charge in [-0.1, -0.05) is 11.8 Å². The molecule has 0 amide bonds. The molecule has 0 atom stereocenters. The lowest BCUT2D eigenvalue weighted by atomic mass is 10.1. The number of aromatic nitrogens is 2. The van der Waals surface area contributed by atoms with Crippen molar-refractivity contribution in [3.63, 3.8) is 0 Å². The van der Waals surface area contributed by atoms with Crippen molar-refractivity contribution in [1.82, 2.24) is 9.55 Å². The van der Waals surface area contributed by atoms with Crippen LogP contribution in [-0.4, -0.2) is 41.0 Å². The van der Waals surface area contributed by atoms with Gasteiger partial charge >= 0.3 is 6.09 Å². The van der Waals surface area contributed by atoms with Gasteiger partial charge in [0, 0.05) is 12.4 Å². The molecular weight excluding hydrogens is 338 g/mol. The molecule has 9 nitrogen and oxygen atoms in total. The van der Waals surface area contributed by atoms with Gasteiger partial charge in [-0.25, -0.2) is 14.3 Å². The number of ether oxygens (including phenoxy) is 3. The maximum atomic E-state index is 12.1. The van der Waals surface area contributed by atoms with Gasteiger partial charge in [-0.3, -0.25) is 10.1 Å². The summed E-state index contributed by atoms with van der Waals surface area (Å²) in [6.45, 7) is -0.290. The topological polar surface area (TPSA) is 106 Å². The van der Waals surface area contributed by atoms with Gasteiger partial charge in [0.1, 0.15) is 6.61 Å². The van der Waals surface area contributed by atoms with E-state index in [1.54, 1.807) is 6.26 Å². The van der Waals surface area contributed by atoms with E-state index in [-0.39, 0.29) is 23.6 Å². The summed E-state index contributed by atoms with van der Waals surface area (Å²) in [4.78, 5) is 26.7. The molecular formula is C14H15N3O6S. The number of hydrogen-bond acceptors (Lipinski definition) is 8. The van der Waals surface area contributed by atoms with Gasteiger partial charge in [0.15, 0.2) is 16.7 Å². The van der Waals surface area contributed by atoms with Crippen molar-refractivity contribution < 1.29 is 23.9 Å². The molecule has 0 aliphatic rings.